The van der Waals surface area contributed by atoms with E-state index in [0.29, 0.717) is 6.54 Å². The van der Waals surface area contributed by atoms with E-state index >= 15 is 0 Å². The van der Waals surface area contributed by atoms with Gasteiger partial charge in [0.2, 0.25) is 0 Å². The number of hydrogen-bond acceptors (Lipinski definition) is 4. The quantitative estimate of drug-likeness (QED) is 0.775. The molecule has 0 amide bonds. The van der Waals surface area contributed by atoms with Crippen molar-refractivity contribution in [2.24, 2.45) is 5.73 Å². The van der Waals surface area contributed by atoms with Gasteiger partial charge in [-0.3, -0.25) is 4.68 Å². The van der Waals surface area contributed by atoms with Crippen molar-refractivity contribution >= 4 is 11.8 Å². The maximum Gasteiger partial charge on any atom is 0.0827 e. The van der Waals surface area contributed by atoms with Gasteiger partial charge in [0.05, 0.1) is 12.2 Å². The third-order valence-corrected chi connectivity index (χ3v) is 3.55. The van der Waals surface area contributed by atoms with E-state index in [0.717, 1.165) is 30.8 Å². The van der Waals surface area contributed by atoms with E-state index in [2.05, 4.69) is 34.6 Å². The minimum absolute atomic E-state index is 0.705. The zero-order chi connectivity index (χ0) is 12.6. The minimum Gasteiger partial charge on any atom is -0.330 e. The first kappa shape index (κ1) is 13.1. The number of nitrogens with two attached hydrogens (primary N) is 1. The first-order chi connectivity index (χ1) is 8.88. The van der Waals surface area contributed by atoms with Gasteiger partial charge in [0, 0.05) is 16.8 Å². The Morgan fingerprint density at radius 3 is 2.83 bits per heavy atom. The normalized spacial score (nSPS) is 10.7. The molecule has 0 aliphatic carbocycles. The predicted octanol–water partition coefficient (Wildman–Crippen LogP) is 1.96. The summed E-state index contributed by atoms with van der Waals surface area (Å²) in [5.74, 6) is 1.00. The van der Waals surface area contributed by atoms with Gasteiger partial charge >= 0.3 is 0 Å². The van der Waals surface area contributed by atoms with Gasteiger partial charge in [-0.2, -0.15) is 0 Å². The Hall–Kier alpha value is -1.33. The molecule has 0 fully saturated rings. The molecule has 2 rings (SSSR count). The Morgan fingerprint density at radius 2 is 2.06 bits per heavy atom. The van der Waals surface area contributed by atoms with Crippen LogP contribution < -0.4 is 5.73 Å². The van der Waals surface area contributed by atoms with Crippen LogP contribution in [0.2, 0.25) is 0 Å². The maximum atomic E-state index is 5.47. The van der Waals surface area contributed by atoms with Crippen LogP contribution in [0.15, 0.2) is 41.4 Å². The molecule has 0 unspecified atom stereocenters. The second-order valence-electron chi connectivity index (χ2n) is 4.03. The number of aryl methyl sites for hydroxylation is 2. The van der Waals surface area contributed by atoms with Crippen molar-refractivity contribution < 1.29 is 0 Å². The van der Waals surface area contributed by atoms with Crippen molar-refractivity contribution in [3.8, 4) is 0 Å². The summed E-state index contributed by atoms with van der Waals surface area (Å²) in [6.45, 7) is 1.59. The molecule has 0 atom stereocenters. The van der Waals surface area contributed by atoms with Crippen molar-refractivity contribution in [1.82, 2.24) is 15.0 Å². The largest absolute Gasteiger partial charge is 0.330 e. The van der Waals surface area contributed by atoms with Gasteiger partial charge in [0.1, 0.15) is 0 Å². The lowest BCUT2D eigenvalue weighted by Crippen LogP contribution is -2.01. The summed E-state index contributed by atoms with van der Waals surface area (Å²) in [5.41, 5.74) is 6.50. The summed E-state index contributed by atoms with van der Waals surface area (Å²) in [7, 11) is 0. The summed E-state index contributed by atoms with van der Waals surface area (Å²) in [4.78, 5) is 1.29. The van der Waals surface area contributed by atoms with Gasteiger partial charge in [0.15, 0.2) is 0 Å². The molecular formula is C13H18N4S. The van der Waals surface area contributed by atoms with Crippen molar-refractivity contribution in [2.45, 2.75) is 24.3 Å². The number of rotatable bonds is 7. The smallest absolute Gasteiger partial charge is 0.0827 e. The molecule has 0 radical (unpaired) electrons. The fourth-order valence-electron chi connectivity index (χ4n) is 1.62. The molecule has 2 aromatic rings. The summed E-state index contributed by atoms with van der Waals surface area (Å²) in [6.07, 6.45) is 3.90. The van der Waals surface area contributed by atoms with Crippen LogP contribution in [0.5, 0.6) is 0 Å². The van der Waals surface area contributed by atoms with Gasteiger partial charge in [-0.05, 0) is 31.5 Å². The first-order valence-electron chi connectivity index (χ1n) is 6.15. The van der Waals surface area contributed by atoms with E-state index in [1.54, 1.807) is 0 Å². The van der Waals surface area contributed by atoms with E-state index in [-0.39, 0.29) is 0 Å². The van der Waals surface area contributed by atoms with Crippen molar-refractivity contribution in [1.29, 1.82) is 0 Å². The number of aromatic nitrogens is 3. The Labute approximate surface area is 112 Å². The van der Waals surface area contributed by atoms with Gasteiger partial charge in [-0.15, -0.1) is 16.9 Å². The highest BCUT2D eigenvalue weighted by Crippen LogP contribution is 2.16. The molecule has 4 nitrogen and oxygen atoms in total. The molecule has 5 heteroatoms. The minimum atomic E-state index is 0.705. The Morgan fingerprint density at radius 1 is 1.22 bits per heavy atom. The summed E-state index contributed by atoms with van der Waals surface area (Å²) >= 11 is 1.83. The number of nitrogens with zero attached hydrogens (tertiary/aromatic N) is 3. The third kappa shape index (κ3) is 4.16. The number of hydrogen-bond donors (Lipinski definition) is 1. The molecule has 0 bridgehead atoms. The Kier molecular flexibility index (Phi) is 5.23. The van der Waals surface area contributed by atoms with Crippen molar-refractivity contribution in [3.63, 3.8) is 0 Å². The van der Waals surface area contributed by atoms with E-state index in [1.807, 2.05) is 28.7 Å². The summed E-state index contributed by atoms with van der Waals surface area (Å²) in [5, 5.41) is 8.24. The third-order valence-electron chi connectivity index (χ3n) is 2.56. The van der Waals surface area contributed by atoms with E-state index < -0.39 is 0 Å². The average molecular weight is 262 g/mol. The summed E-state index contributed by atoms with van der Waals surface area (Å²) in [6, 6.07) is 10.4. The van der Waals surface area contributed by atoms with E-state index in [9.17, 15) is 0 Å². The molecule has 18 heavy (non-hydrogen) atoms. The monoisotopic (exact) mass is 262 g/mol. The lowest BCUT2D eigenvalue weighted by atomic mass is 10.2. The highest BCUT2D eigenvalue weighted by Gasteiger charge is 2.00. The van der Waals surface area contributed by atoms with Crippen molar-refractivity contribution in [3.05, 3.63) is 42.2 Å². The maximum absolute atomic E-state index is 5.47. The summed E-state index contributed by atoms with van der Waals surface area (Å²) < 4.78 is 1.90. The van der Waals surface area contributed by atoms with Gasteiger partial charge < -0.3 is 5.73 Å². The standard InChI is InChI=1S/C13H18N4S/c14-8-4-5-12-11-17(16-15-12)9-10-18-13-6-2-1-3-7-13/h1-3,6-7,11H,4-5,8-10,14H2. The molecule has 1 aromatic heterocycles. The van der Waals surface area contributed by atoms with E-state index in [4.69, 9.17) is 5.73 Å². The fraction of sp³-hybridized carbons (Fsp3) is 0.385. The van der Waals surface area contributed by atoms with Crippen LogP contribution in [0.3, 0.4) is 0 Å². The molecule has 96 valence electrons. The fourth-order valence-corrected chi connectivity index (χ4v) is 2.48. The second kappa shape index (κ2) is 7.18. The number of thioether (sulfide) groups is 1. The molecular weight excluding hydrogens is 244 g/mol. The number of benzene rings is 1. The van der Waals surface area contributed by atoms with Crippen LogP contribution in [-0.4, -0.2) is 27.3 Å². The lowest BCUT2D eigenvalue weighted by molar-refractivity contribution is 0.632. The topological polar surface area (TPSA) is 56.7 Å². The van der Waals surface area contributed by atoms with Crippen LogP contribution in [-0.2, 0) is 13.0 Å². The molecule has 0 saturated heterocycles. The van der Waals surface area contributed by atoms with Crippen LogP contribution in [0.4, 0.5) is 0 Å². The van der Waals surface area contributed by atoms with Gasteiger partial charge in [0.25, 0.3) is 0 Å². The van der Waals surface area contributed by atoms with Gasteiger partial charge in [-0.25, -0.2) is 0 Å². The molecule has 2 N–H and O–H groups in total. The van der Waals surface area contributed by atoms with Crippen molar-refractivity contribution in [2.75, 3.05) is 12.3 Å². The Balaban J connectivity index is 1.75. The zero-order valence-electron chi connectivity index (χ0n) is 10.3. The molecule has 1 heterocycles. The Bertz CT molecular complexity index is 455. The van der Waals surface area contributed by atoms with E-state index in [1.165, 1.54) is 4.90 Å². The SMILES string of the molecule is NCCCc1cn(CCSc2ccccc2)nn1. The van der Waals surface area contributed by atoms with Crippen LogP contribution in [0.1, 0.15) is 12.1 Å². The van der Waals surface area contributed by atoms with Crippen LogP contribution in [0.25, 0.3) is 0 Å². The molecule has 0 spiro atoms. The molecule has 1 aromatic carbocycles. The lowest BCUT2D eigenvalue weighted by Gasteiger charge is -2.00. The van der Waals surface area contributed by atoms with Crippen LogP contribution >= 0.6 is 11.8 Å². The van der Waals surface area contributed by atoms with Crippen LogP contribution in [0, 0.1) is 0 Å². The highest BCUT2D eigenvalue weighted by molar-refractivity contribution is 7.99. The zero-order valence-corrected chi connectivity index (χ0v) is 11.1. The first-order valence-corrected chi connectivity index (χ1v) is 7.14. The highest BCUT2D eigenvalue weighted by atomic mass is 32.2. The van der Waals surface area contributed by atoms with Gasteiger partial charge in [-0.1, -0.05) is 23.4 Å². The predicted molar refractivity (Wildman–Crippen MR) is 74.6 cm³/mol. The molecule has 0 saturated carbocycles. The molecule has 0 aliphatic rings. The average Bonchev–Trinajstić information content (AvgIpc) is 2.85. The second-order valence-corrected chi connectivity index (χ2v) is 5.20. The molecule has 0 aliphatic heterocycles.